The van der Waals surface area contributed by atoms with E-state index in [1.54, 1.807) is 0 Å². The molecule has 2 nitrogen and oxygen atoms in total. The summed E-state index contributed by atoms with van der Waals surface area (Å²) >= 11 is 1.91. The van der Waals surface area contributed by atoms with Gasteiger partial charge in [-0.05, 0) is 35.3 Å². The highest BCUT2D eigenvalue weighted by Crippen LogP contribution is 2.43. The fourth-order valence-corrected chi connectivity index (χ4v) is 4.58. The fraction of sp³-hybridized carbons (Fsp3) is 0.611. The Balaban J connectivity index is 1.75. The third-order valence-corrected chi connectivity index (χ3v) is 5.98. The van der Waals surface area contributed by atoms with E-state index in [0.717, 1.165) is 11.7 Å². The van der Waals surface area contributed by atoms with Crippen molar-refractivity contribution in [3.63, 3.8) is 0 Å². The SMILES string of the molecule is CC(C)(C)c1ccccc1NC1=NCC2(CCCC2)CS1. The first kappa shape index (κ1) is 15.0. The topological polar surface area (TPSA) is 24.4 Å². The molecule has 0 saturated heterocycles. The molecule has 1 spiro atoms. The molecule has 21 heavy (non-hydrogen) atoms. The Morgan fingerprint density at radius 1 is 1.14 bits per heavy atom. The predicted octanol–water partition coefficient (Wildman–Crippen LogP) is 5.06. The summed E-state index contributed by atoms with van der Waals surface area (Å²) in [5.74, 6) is 1.23. The molecule has 0 atom stereocenters. The number of benzene rings is 1. The van der Waals surface area contributed by atoms with Crippen molar-refractivity contribution in [1.82, 2.24) is 0 Å². The minimum absolute atomic E-state index is 0.149. The van der Waals surface area contributed by atoms with Gasteiger partial charge < -0.3 is 5.32 Å². The summed E-state index contributed by atoms with van der Waals surface area (Å²) in [6.45, 7) is 7.80. The van der Waals surface area contributed by atoms with Crippen molar-refractivity contribution in [2.75, 3.05) is 17.6 Å². The molecule has 2 aliphatic rings. The van der Waals surface area contributed by atoms with Crippen LogP contribution >= 0.6 is 11.8 Å². The Morgan fingerprint density at radius 2 is 1.86 bits per heavy atom. The van der Waals surface area contributed by atoms with Gasteiger partial charge in [0.25, 0.3) is 0 Å². The highest BCUT2D eigenvalue weighted by molar-refractivity contribution is 8.14. The maximum absolute atomic E-state index is 4.85. The molecule has 1 saturated carbocycles. The van der Waals surface area contributed by atoms with Crippen LogP contribution in [0.3, 0.4) is 0 Å². The molecule has 1 N–H and O–H groups in total. The van der Waals surface area contributed by atoms with Gasteiger partial charge in [-0.15, -0.1) is 0 Å². The monoisotopic (exact) mass is 302 g/mol. The quantitative estimate of drug-likeness (QED) is 0.784. The van der Waals surface area contributed by atoms with Crippen LogP contribution in [-0.4, -0.2) is 17.5 Å². The number of amidine groups is 1. The van der Waals surface area contributed by atoms with Gasteiger partial charge >= 0.3 is 0 Å². The standard InChI is InChI=1S/C18H26N2S/c1-17(2,3)14-8-4-5-9-15(14)20-16-19-12-18(13-21-16)10-6-7-11-18/h4-5,8-9H,6-7,10-13H2,1-3H3,(H,19,20). The number of nitrogens with zero attached hydrogens (tertiary/aromatic N) is 1. The Kier molecular flexibility index (Phi) is 4.04. The van der Waals surface area contributed by atoms with Gasteiger partial charge in [-0.2, -0.15) is 0 Å². The molecule has 0 aromatic heterocycles. The Bertz CT molecular complexity index is 536. The Morgan fingerprint density at radius 3 is 2.48 bits per heavy atom. The summed E-state index contributed by atoms with van der Waals surface area (Å²) in [5, 5.41) is 4.68. The number of thioether (sulfide) groups is 1. The second-order valence-electron chi connectivity index (χ2n) is 7.54. The van der Waals surface area contributed by atoms with Gasteiger partial charge in [-0.3, -0.25) is 4.99 Å². The van der Waals surface area contributed by atoms with E-state index in [0.29, 0.717) is 5.41 Å². The highest BCUT2D eigenvalue weighted by Gasteiger charge is 2.36. The van der Waals surface area contributed by atoms with Crippen molar-refractivity contribution in [3.05, 3.63) is 29.8 Å². The lowest BCUT2D eigenvalue weighted by atomic mass is 9.86. The van der Waals surface area contributed by atoms with E-state index in [-0.39, 0.29) is 5.41 Å². The zero-order chi connectivity index (χ0) is 14.9. The Hall–Kier alpha value is -0.960. The number of hydrogen-bond donors (Lipinski definition) is 1. The van der Waals surface area contributed by atoms with Crippen LogP contribution in [-0.2, 0) is 5.41 Å². The molecular formula is C18H26N2S. The van der Waals surface area contributed by atoms with Crippen LogP contribution in [0.4, 0.5) is 5.69 Å². The molecule has 3 rings (SSSR count). The number of hydrogen-bond acceptors (Lipinski definition) is 3. The van der Waals surface area contributed by atoms with Crippen LogP contribution < -0.4 is 5.32 Å². The van der Waals surface area contributed by atoms with Crippen LogP contribution in [0.25, 0.3) is 0 Å². The zero-order valence-corrected chi connectivity index (χ0v) is 14.2. The Labute approximate surface area is 132 Å². The number of aliphatic imine (C=N–C) groups is 1. The normalized spacial score (nSPS) is 21.4. The largest absolute Gasteiger partial charge is 0.335 e. The zero-order valence-electron chi connectivity index (χ0n) is 13.4. The van der Waals surface area contributed by atoms with E-state index in [4.69, 9.17) is 4.99 Å². The number of para-hydroxylation sites is 1. The minimum atomic E-state index is 0.149. The van der Waals surface area contributed by atoms with Crippen molar-refractivity contribution in [3.8, 4) is 0 Å². The molecule has 1 heterocycles. The molecule has 1 aromatic rings. The molecule has 1 aliphatic carbocycles. The van der Waals surface area contributed by atoms with Gasteiger partial charge in [0.2, 0.25) is 0 Å². The lowest BCUT2D eigenvalue weighted by Gasteiger charge is -2.31. The first-order chi connectivity index (χ1) is 9.99. The van der Waals surface area contributed by atoms with E-state index in [9.17, 15) is 0 Å². The van der Waals surface area contributed by atoms with E-state index in [2.05, 4.69) is 50.4 Å². The molecule has 0 amide bonds. The summed E-state index contributed by atoms with van der Waals surface area (Å²) in [6, 6.07) is 8.61. The molecule has 0 radical (unpaired) electrons. The molecule has 114 valence electrons. The van der Waals surface area contributed by atoms with Crippen LogP contribution in [0, 0.1) is 5.41 Å². The summed E-state index contributed by atoms with van der Waals surface area (Å²) in [5.41, 5.74) is 3.23. The lowest BCUT2D eigenvalue weighted by molar-refractivity contribution is 0.359. The van der Waals surface area contributed by atoms with Crippen LogP contribution in [0.5, 0.6) is 0 Å². The highest BCUT2D eigenvalue weighted by atomic mass is 32.2. The van der Waals surface area contributed by atoms with E-state index in [1.807, 2.05) is 11.8 Å². The lowest BCUT2D eigenvalue weighted by Crippen LogP contribution is -2.30. The second kappa shape index (κ2) is 5.68. The van der Waals surface area contributed by atoms with Crippen molar-refractivity contribution < 1.29 is 0 Å². The van der Waals surface area contributed by atoms with Gasteiger partial charge in [0, 0.05) is 18.0 Å². The molecule has 1 fully saturated rings. The summed E-state index contributed by atoms with van der Waals surface area (Å²) in [4.78, 5) is 4.85. The minimum Gasteiger partial charge on any atom is -0.335 e. The summed E-state index contributed by atoms with van der Waals surface area (Å²) < 4.78 is 0. The smallest absolute Gasteiger partial charge is 0.161 e. The van der Waals surface area contributed by atoms with Crippen molar-refractivity contribution in [1.29, 1.82) is 0 Å². The first-order valence-electron chi connectivity index (χ1n) is 8.02. The maximum Gasteiger partial charge on any atom is 0.161 e. The van der Waals surface area contributed by atoms with E-state index < -0.39 is 0 Å². The maximum atomic E-state index is 4.85. The third kappa shape index (κ3) is 3.28. The van der Waals surface area contributed by atoms with Gasteiger partial charge in [-0.1, -0.05) is 63.6 Å². The van der Waals surface area contributed by atoms with Crippen molar-refractivity contribution in [2.45, 2.75) is 51.9 Å². The van der Waals surface area contributed by atoms with Gasteiger partial charge in [0.05, 0.1) is 0 Å². The molecule has 1 aromatic carbocycles. The van der Waals surface area contributed by atoms with Gasteiger partial charge in [0.1, 0.15) is 0 Å². The van der Waals surface area contributed by atoms with Crippen molar-refractivity contribution >= 4 is 22.6 Å². The average molecular weight is 302 g/mol. The van der Waals surface area contributed by atoms with E-state index >= 15 is 0 Å². The molecule has 0 unspecified atom stereocenters. The molecular weight excluding hydrogens is 276 g/mol. The number of anilines is 1. The molecule has 3 heteroatoms. The number of nitrogens with one attached hydrogen (secondary N) is 1. The van der Waals surface area contributed by atoms with Crippen molar-refractivity contribution in [2.24, 2.45) is 10.4 Å². The van der Waals surface area contributed by atoms with Crippen LogP contribution in [0.2, 0.25) is 0 Å². The van der Waals surface area contributed by atoms with Crippen LogP contribution in [0.1, 0.15) is 52.0 Å². The first-order valence-corrected chi connectivity index (χ1v) is 9.01. The fourth-order valence-electron chi connectivity index (χ4n) is 3.42. The summed E-state index contributed by atoms with van der Waals surface area (Å²) in [6.07, 6.45) is 5.53. The summed E-state index contributed by atoms with van der Waals surface area (Å²) in [7, 11) is 0. The van der Waals surface area contributed by atoms with Gasteiger partial charge in [0.15, 0.2) is 5.17 Å². The molecule has 1 aliphatic heterocycles. The third-order valence-electron chi connectivity index (χ3n) is 4.71. The van der Waals surface area contributed by atoms with E-state index in [1.165, 1.54) is 42.7 Å². The average Bonchev–Trinajstić information content (AvgIpc) is 2.90. The van der Waals surface area contributed by atoms with Gasteiger partial charge in [-0.25, -0.2) is 0 Å². The second-order valence-corrected chi connectivity index (χ2v) is 8.50. The number of rotatable bonds is 1. The predicted molar refractivity (Wildman–Crippen MR) is 94.4 cm³/mol. The molecule has 0 bridgehead atoms. The van der Waals surface area contributed by atoms with Crippen LogP contribution in [0.15, 0.2) is 29.3 Å².